The fourth-order valence-electron chi connectivity index (χ4n) is 3.44. The second kappa shape index (κ2) is 5.41. The van der Waals surface area contributed by atoms with Crippen LogP contribution >= 0.6 is 0 Å². The molecular weight excluding hydrogens is 240 g/mol. The summed E-state index contributed by atoms with van der Waals surface area (Å²) in [5.74, 6) is 1.03. The van der Waals surface area contributed by atoms with Crippen LogP contribution in [-0.4, -0.2) is 39.0 Å². The van der Waals surface area contributed by atoms with Gasteiger partial charge >= 0.3 is 0 Å². The Hall–Kier alpha value is -1.23. The van der Waals surface area contributed by atoms with Gasteiger partial charge in [0.05, 0.1) is 6.54 Å². The summed E-state index contributed by atoms with van der Waals surface area (Å²) in [6, 6.07) is 0. The highest BCUT2D eigenvalue weighted by molar-refractivity contribution is 5.59. The van der Waals surface area contributed by atoms with Gasteiger partial charge in [-0.1, -0.05) is 25.7 Å². The zero-order chi connectivity index (χ0) is 13.1. The van der Waals surface area contributed by atoms with Crippen molar-refractivity contribution >= 4 is 6.29 Å². The Balaban J connectivity index is 1.68. The van der Waals surface area contributed by atoms with E-state index >= 15 is 0 Å². The van der Waals surface area contributed by atoms with E-state index in [1.54, 1.807) is 6.33 Å². The van der Waals surface area contributed by atoms with Crippen molar-refractivity contribution in [3.63, 3.8) is 0 Å². The first-order valence-corrected chi connectivity index (χ1v) is 7.37. The molecule has 19 heavy (non-hydrogen) atoms. The van der Waals surface area contributed by atoms with Crippen LogP contribution in [0.4, 0.5) is 0 Å². The first kappa shape index (κ1) is 12.8. The van der Waals surface area contributed by atoms with Crippen molar-refractivity contribution in [1.82, 2.24) is 19.7 Å². The van der Waals surface area contributed by atoms with Crippen LogP contribution in [0.5, 0.6) is 0 Å². The van der Waals surface area contributed by atoms with Crippen molar-refractivity contribution in [2.24, 2.45) is 5.41 Å². The number of carbonyl (C=O) groups excluding carboxylic acids is 1. The summed E-state index contributed by atoms with van der Waals surface area (Å²) in [5.41, 5.74) is -0.112. The molecule has 1 aromatic heterocycles. The van der Waals surface area contributed by atoms with E-state index in [4.69, 9.17) is 0 Å². The minimum absolute atomic E-state index is 0.112. The average molecular weight is 262 g/mol. The summed E-state index contributed by atoms with van der Waals surface area (Å²) < 4.78 is 2.11. The second-order valence-corrected chi connectivity index (χ2v) is 6.05. The minimum atomic E-state index is -0.112. The lowest BCUT2D eigenvalue weighted by Gasteiger charge is -2.35. The van der Waals surface area contributed by atoms with Crippen LogP contribution in [0.2, 0.25) is 0 Å². The zero-order valence-electron chi connectivity index (χ0n) is 11.4. The molecule has 0 atom stereocenters. The third-order valence-corrected chi connectivity index (χ3v) is 4.61. The van der Waals surface area contributed by atoms with Gasteiger partial charge in [0.15, 0.2) is 0 Å². The SMILES string of the molecule is O=CC1(CN2CCn3cnnc3C2)CCCCCC1. The van der Waals surface area contributed by atoms with Crippen LogP contribution in [0.25, 0.3) is 0 Å². The smallest absolute Gasteiger partial charge is 0.147 e. The number of rotatable bonds is 3. The Morgan fingerprint density at radius 1 is 1.21 bits per heavy atom. The molecule has 0 N–H and O–H groups in total. The maximum Gasteiger partial charge on any atom is 0.147 e. The van der Waals surface area contributed by atoms with Gasteiger partial charge in [0.2, 0.25) is 0 Å². The summed E-state index contributed by atoms with van der Waals surface area (Å²) in [6.07, 6.45) is 10.1. The zero-order valence-corrected chi connectivity index (χ0v) is 11.4. The van der Waals surface area contributed by atoms with E-state index in [1.807, 2.05) is 0 Å². The van der Waals surface area contributed by atoms with Gasteiger partial charge in [-0.2, -0.15) is 0 Å². The number of carbonyl (C=O) groups is 1. The van der Waals surface area contributed by atoms with Crippen molar-refractivity contribution in [2.45, 2.75) is 51.6 Å². The Morgan fingerprint density at radius 3 is 2.74 bits per heavy atom. The Labute approximate surface area is 114 Å². The highest BCUT2D eigenvalue weighted by Gasteiger charge is 2.33. The number of aldehydes is 1. The monoisotopic (exact) mass is 262 g/mol. The number of nitrogens with zero attached hydrogens (tertiary/aromatic N) is 4. The second-order valence-electron chi connectivity index (χ2n) is 6.05. The molecular formula is C14H22N4O. The highest BCUT2D eigenvalue weighted by Crippen LogP contribution is 2.34. The van der Waals surface area contributed by atoms with E-state index < -0.39 is 0 Å². The Morgan fingerprint density at radius 2 is 2.00 bits per heavy atom. The normalized spacial score (nSPS) is 23.6. The predicted octanol–water partition coefficient (Wildman–Crippen LogP) is 1.63. The summed E-state index contributed by atoms with van der Waals surface area (Å²) in [4.78, 5) is 14.0. The summed E-state index contributed by atoms with van der Waals surface area (Å²) in [6.45, 7) is 3.66. The fraction of sp³-hybridized carbons (Fsp3) is 0.786. The van der Waals surface area contributed by atoms with Crippen LogP contribution in [-0.2, 0) is 17.9 Å². The number of hydrogen-bond acceptors (Lipinski definition) is 4. The third-order valence-electron chi connectivity index (χ3n) is 4.61. The maximum absolute atomic E-state index is 11.6. The van der Waals surface area contributed by atoms with Crippen molar-refractivity contribution in [1.29, 1.82) is 0 Å². The molecule has 104 valence electrons. The summed E-state index contributed by atoms with van der Waals surface area (Å²) in [7, 11) is 0. The molecule has 2 heterocycles. The van der Waals surface area contributed by atoms with E-state index in [0.29, 0.717) is 0 Å². The number of aromatic nitrogens is 3. The van der Waals surface area contributed by atoms with E-state index in [9.17, 15) is 4.79 Å². The van der Waals surface area contributed by atoms with Crippen LogP contribution in [0.3, 0.4) is 0 Å². The first-order chi connectivity index (χ1) is 9.31. The Kier molecular flexibility index (Phi) is 3.64. The van der Waals surface area contributed by atoms with Gasteiger partial charge in [0, 0.05) is 25.0 Å². The molecule has 1 aliphatic heterocycles. The molecule has 5 nitrogen and oxygen atoms in total. The van der Waals surface area contributed by atoms with Gasteiger partial charge in [0.1, 0.15) is 18.4 Å². The summed E-state index contributed by atoms with van der Waals surface area (Å²) in [5, 5.41) is 8.10. The molecule has 0 spiro atoms. The van der Waals surface area contributed by atoms with Crippen LogP contribution in [0.1, 0.15) is 44.3 Å². The number of hydrogen-bond donors (Lipinski definition) is 0. The van der Waals surface area contributed by atoms with Crippen LogP contribution < -0.4 is 0 Å². The lowest BCUT2D eigenvalue weighted by Crippen LogP contribution is -2.42. The standard InChI is InChI=1S/C14H22N4O/c19-11-14(5-3-1-2-4-6-14)10-17-7-8-18-12-15-16-13(18)9-17/h11-12H,1-10H2. The first-order valence-electron chi connectivity index (χ1n) is 7.37. The van der Waals surface area contributed by atoms with Crippen molar-refractivity contribution in [3.8, 4) is 0 Å². The van der Waals surface area contributed by atoms with Gasteiger partial charge in [-0.15, -0.1) is 10.2 Å². The van der Waals surface area contributed by atoms with Crippen molar-refractivity contribution < 1.29 is 4.79 Å². The molecule has 0 bridgehead atoms. The topological polar surface area (TPSA) is 51.0 Å². The minimum Gasteiger partial charge on any atom is -0.315 e. The summed E-state index contributed by atoms with van der Waals surface area (Å²) >= 11 is 0. The molecule has 2 aliphatic rings. The Bertz CT molecular complexity index is 434. The quantitative estimate of drug-likeness (QED) is 0.614. The van der Waals surface area contributed by atoms with Crippen molar-refractivity contribution in [2.75, 3.05) is 13.1 Å². The molecule has 5 heteroatoms. The van der Waals surface area contributed by atoms with E-state index in [1.165, 1.54) is 32.0 Å². The molecule has 0 aromatic carbocycles. The van der Waals surface area contributed by atoms with E-state index in [-0.39, 0.29) is 5.41 Å². The largest absolute Gasteiger partial charge is 0.315 e. The molecule has 0 amide bonds. The van der Waals surface area contributed by atoms with Gasteiger partial charge in [-0.25, -0.2) is 0 Å². The molecule has 1 aromatic rings. The van der Waals surface area contributed by atoms with Gasteiger partial charge in [-0.05, 0) is 12.8 Å². The lowest BCUT2D eigenvalue weighted by molar-refractivity contribution is -0.118. The fourth-order valence-corrected chi connectivity index (χ4v) is 3.44. The molecule has 1 fully saturated rings. The molecule has 1 aliphatic carbocycles. The van der Waals surface area contributed by atoms with E-state index in [0.717, 1.165) is 44.8 Å². The molecule has 0 unspecified atom stereocenters. The molecule has 1 saturated carbocycles. The van der Waals surface area contributed by atoms with E-state index in [2.05, 4.69) is 19.7 Å². The average Bonchev–Trinajstić information content (AvgIpc) is 2.77. The lowest BCUT2D eigenvalue weighted by atomic mass is 9.81. The van der Waals surface area contributed by atoms with Gasteiger partial charge in [0.25, 0.3) is 0 Å². The number of fused-ring (bicyclic) bond motifs is 1. The van der Waals surface area contributed by atoms with Crippen molar-refractivity contribution in [3.05, 3.63) is 12.2 Å². The molecule has 0 radical (unpaired) electrons. The van der Waals surface area contributed by atoms with Crippen LogP contribution in [0.15, 0.2) is 6.33 Å². The van der Waals surface area contributed by atoms with Gasteiger partial charge in [-0.3, -0.25) is 4.90 Å². The van der Waals surface area contributed by atoms with Gasteiger partial charge < -0.3 is 9.36 Å². The molecule has 0 saturated heterocycles. The predicted molar refractivity (Wildman–Crippen MR) is 71.5 cm³/mol. The third kappa shape index (κ3) is 2.71. The maximum atomic E-state index is 11.6. The van der Waals surface area contributed by atoms with Crippen LogP contribution in [0, 0.1) is 5.41 Å². The molecule has 3 rings (SSSR count). The highest BCUT2D eigenvalue weighted by atomic mass is 16.1.